The van der Waals surface area contributed by atoms with Crippen LogP contribution in [0.5, 0.6) is 5.75 Å². The Hall–Kier alpha value is -1.88. The number of rotatable bonds is 5. The Bertz CT molecular complexity index is 785. The second-order valence-corrected chi connectivity index (χ2v) is 7.84. The lowest BCUT2D eigenvalue weighted by Gasteiger charge is -2.40. The fourth-order valence-corrected chi connectivity index (χ4v) is 5.05. The van der Waals surface area contributed by atoms with E-state index in [0.717, 1.165) is 43.8 Å². The fraction of sp³-hybridized carbons (Fsp3) is 0.478. The number of nitrogens with one attached hydrogen (secondary N) is 1. The molecule has 0 saturated carbocycles. The molecule has 0 unspecified atom stereocenters. The van der Waals surface area contributed by atoms with Gasteiger partial charge in [-0.05, 0) is 57.1 Å². The summed E-state index contributed by atoms with van der Waals surface area (Å²) in [5, 5.41) is 15.0. The lowest BCUT2D eigenvalue weighted by Crippen LogP contribution is -2.48. The van der Waals surface area contributed by atoms with Crippen molar-refractivity contribution in [3.8, 4) is 5.75 Å². The van der Waals surface area contributed by atoms with E-state index in [4.69, 9.17) is 4.74 Å². The van der Waals surface area contributed by atoms with Crippen molar-refractivity contribution in [1.29, 1.82) is 0 Å². The van der Waals surface area contributed by atoms with Gasteiger partial charge in [0.25, 0.3) is 0 Å². The van der Waals surface area contributed by atoms with Crippen LogP contribution in [0.3, 0.4) is 0 Å². The Morgan fingerprint density at radius 1 is 1.11 bits per heavy atom. The molecule has 2 aromatic carbocycles. The van der Waals surface area contributed by atoms with Crippen molar-refractivity contribution in [3.63, 3.8) is 0 Å². The zero-order valence-electron chi connectivity index (χ0n) is 16.3. The lowest BCUT2D eigenvalue weighted by atomic mass is 9.72. The highest BCUT2D eigenvalue weighted by atomic mass is 16.5. The molecule has 1 aliphatic heterocycles. The molecule has 4 nitrogen and oxygen atoms in total. The van der Waals surface area contributed by atoms with Crippen LogP contribution in [0.15, 0.2) is 48.5 Å². The quantitative estimate of drug-likeness (QED) is 0.853. The third kappa shape index (κ3) is 3.16. The highest BCUT2D eigenvalue weighted by molar-refractivity contribution is 5.45. The number of aliphatic hydroxyl groups excluding tert-OH is 1. The molecule has 0 radical (unpaired) electrons. The van der Waals surface area contributed by atoms with Crippen molar-refractivity contribution >= 4 is 0 Å². The highest BCUT2D eigenvalue weighted by Crippen LogP contribution is 2.52. The fourth-order valence-electron chi connectivity index (χ4n) is 5.05. The molecule has 0 aromatic heterocycles. The number of para-hydroxylation sites is 1. The van der Waals surface area contributed by atoms with Gasteiger partial charge in [0.1, 0.15) is 5.75 Å². The molecule has 1 heterocycles. The van der Waals surface area contributed by atoms with E-state index in [9.17, 15) is 5.11 Å². The Labute approximate surface area is 162 Å². The minimum Gasteiger partial charge on any atom is -0.494 e. The molecular weight excluding hydrogens is 336 g/mol. The topological polar surface area (TPSA) is 44.7 Å². The first kappa shape index (κ1) is 18.5. The normalized spacial score (nSPS) is 23.6. The number of ether oxygens (including phenoxy) is 1. The summed E-state index contributed by atoms with van der Waals surface area (Å²) in [7, 11) is 2.12. The number of nitrogens with zero attached hydrogens (tertiary/aromatic N) is 1. The van der Waals surface area contributed by atoms with E-state index in [1.165, 1.54) is 11.1 Å². The Morgan fingerprint density at radius 3 is 2.59 bits per heavy atom. The molecule has 27 heavy (non-hydrogen) atoms. The van der Waals surface area contributed by atoms with Gasteiger partial charge in [-0.1, -0.05) is 42.5 Å². The van der Waals surface area contributed by atoms with Crippen LogP contribution in [-0.2, 0) is 12.0 Å². The van der Waals surface area contributed by atoms with E-state index < -0.39 is 0 Å². The first-order valence-corrected chi connectivity index (χ1v) is 10.1. The molecule has 1 fully saturated rings. The standard InChI is InChI=1S/C23H30N2O2/c1-3-27-20-11-7-4-8-17(20)16-25(2)21-18-9-5-6-10-19(18)23(22(21)26)12-14-24-15-13-23/h4-11,21-22,24,26H,3,12-16H2,1-2H3/t21-,22+/m1/s1. The molecule has 144 valence electrons. The van der Waals surface area contributed by atoms with E-state index in [0.29, 0.717) is 6.61 Å². The second kappa shape index (κ2) is 7.63. The zero-order valence-corrected chi connectivity index (χ0v) is 16.3. The number of benzene rings is 2. The van der Waals surface area contributed by atoms with E-state index in [2.05, 4.69) is 53.7 Å². The maximum absolute atomic E-state index is 11.5. The van der Waals surface area contributed by atoms with Crippen LogP contribution in [0.25, 0.3) is 0 Å². The van der Waals surface area contributed by atoms with Gasteiger partial charge in [0.15, 0.2) is 0 Å². The summed E-state index contributed by atoms with van der Waals surface area (Å²) >= 11 is 0. The van der Waals surface area contributed by atoms with E-state index in [1.54, 1.807) is 0 Å². The van der Waals surface area contributed by atoms with Gasteiger partial charge in [0.2, 0.25) is 0 Å². The predicted molar refractivity (Wildman–Crippen MR) is 108 cm³/mol. The second-order valence-electron chi connectivity index (χ2n) is 7.84. The number of piperidine rings is 1. The lowest BCUT2D eigenvalue weighted by molar-refractivity contribution is 0.00399. The molecule has 1 spiro atoms. The minimum absolute atomic E-state index is 0.00832. The first-order valence-electron chi connectivity index (χ1n) is 10.1. The van der Waals surface area contributed by atoms with Crippen LogP contribution in [0.1, 0.15) is 42.5 Å². The molecule has 0 bridgehead atoms. The third-order valence-corrected chi connectivity index (χ3v) is 6.34. The van der Waals surface area contributed by atoms with E-state index >= 15 is 0 Å². The third-order valence-electron chi connectivity index (χ3n) is 6.34. The van der Waals surface area contributed by atoms with Crippen LogP contribution in [0.2, 0.25) is 0 Å². The largest absolute Gasteiger partial charge is 0.494 e. The number of aliphatic hydroxyl groups is 1. The highest BCUT2D eigenvalue weighted by Gasteiger charge is 2.52. The summed E-state index contributed by atoms with van der Waals surface area (Å²) in [4.78, 5) is 2.29. The Kier molecular flexibility index (Phi) is 5.22. The SMILES string of the molecule is CCOc1ccccc1CN(C)[C@@H]1c2ccccc2C2(CCNCC2)[C@H]1O. The van der Waals surface area contributed by atoms with Gasteiger partial charge in [0, 0.05) is 17.5 Å². The van der Waals surface area contributed by atoms with Gasteiger partial charge in [0.05, 0.1) is 18.8 Å². The first-order chi connectivity index (χ1) is 13.2. The maximum atomic E-state index is 11.5. The molecule has 2 N–H and O–H groups in total. The summed E-state index contributed by atoms with van der Waals surface area (Å²) < 4.78 is 5.81. The molecule has 0 amide bonds. The van der Waals surface area contributed by atoms with Gasteiger partial charge in [-0.15, -0.1) is 0 Å². The van der Waals surface area contributed by atoms with Gasteiger partial charge in [-0.2, -0.15) is 0 Å². The average Bonchev–Trinajstić information content (AvgIpc) is 2.93. The molecule has 4 rings (SSSR count). The van der Waals surface area contributed by atoms with Crippen molar-refractivity contribution in [1.82, 2.24) is 10.2 Å². The number of hydrogen-bond acceptors (Lipinski definition) is 4. The van der Waals surface area contributed by atoms with Crippen LogP contribution in [0, 0.1) is 0 Å². The van der Waals surface area contributed by atoms with E-state index in [-0.39, 0.29) is 17.6 Å². The Balaban J connectivity index is 1.65. The number of hydrogen-bond donors (Lipinski definition) is 2. The van der Waals surface area contributed by atoms with E-state index in [1.807, 2.05) is 19.1 Å². The average molecular weight is 367 g/mol. The van der Waals surface area contributed by atoms with Crippen molar-refractivity contribution < 1.29 is 9.84 Å². The monoisotopic (exact) mass is 366 g/mol. The van der Waals surface area contributed by atoms with Gasteiger partial charge >= 0.3 is 0 Å². The molecule has 4 heteroatoms. The summed E-state index contributed by atoms with van der Waals surface area (Å²) in [5.41, 5.74) is 3.66. The van der Waals surface area contributed by atoms with Crippen molar-refractivity contribution in [2.24, 2.45) is 0 Å². The molecule has 2 aromatic rings. The molecular formula is C23H30N2O2. The number of likely N-dealkylation sites (N-methyl/N-ethyl adjacent to an activating group) is 1. The Morgan fingerprint density at radius 2 is 1.81 bits per heavy atom. The maximum Gasteiger partial charge on any atom is 0.123 e. The summed E-state index contributed by atoms with van der Waals surface area (Å²) in [6.45, 7) is 5.36. The van der Waals surface area contributed by atoms with Gasteiger partial charge < -0.3 is 15.2 Å². The van der Waals surface area contributed by atoms with Crippen LogP contribution in [0.4, 0.5) is 0 Å². The predicted octanol–water partition coefficient (Wildman–Crippen LogP) is 3.25. The zero-order chi connectivity index (χ0) is 18.9. The summed E-state index contributed by atoms with van der Waals surface area (Å²) in [6, 6.07) is 16.9. The smallest absolute Gasteiger partial charge is 0.123 e. The van der Waals surface area contributed by atoms with Crippen molar-refractivity contribution in [2.75, 3.05) is 26.7 Å². The molecule has 1 saturated heterocycles. The van der Waals surface area contributed by atoms with Crippen molar-refractivity contribution in [3.05, 3.63) is 65.2 Å². The molecule has 2 atom stereocenters. The van der Waals surface area contributed by atoms with Crippen LogP contribution in [-0.4, -0.2) is 42.9 Å². The number of fused-ring (bicyclic) bond motifs is 2. The molecule has 1 aliphatic carbocycles. The van der Waals surface area contributed by atoms with Gasteiger partial charge in [-0.3, -0.25) is 4.90 Å². The summed E-state index contributed by atoms with van der Waals surface area (Å²) in [5.74, 6) is 0.934. The van der Waals surface area contributed by atoms with Crippen LogP contribution < -0.4 is 10.1 Å². The van der Waals surface area contributed by atoms with Crippen molar-refractivity contribution in [2.45, 2.75) is 43.9 Å². The van der Waals surface area contributed by atoms with Gasteiger partial charge in [-0.25, -0.2) is 0 Å². The summed E-state index contributed by atoms with van der Waals surface area (Å²) in [6.07, 6.45) is 1.59. The van der Waals surface area contributed by atoms with Crippen LogP contribution >= 0.6 is 0 Å². The minimum atomic E-state index is -0.388. The molecule has 2 aliphatic rings.